The number of carbonyl (C=O) groups is 1. The number of likely N-dealkylation sites (N-methyl/N-ethyl adjacent to an activating group) is 1. The quantitative estimate of drug-likeness (QED) is 0.785. The molecule has 0 aromatic heterocycles. The molecule has 24 heavy (non-hydrogen) atoms. The van der Waals surface area contributed by atoms with Crippen LogP contribution in [-0.4, -0.2) is 56.2 Å². The van der Waals surface area contributed by atoms with Gasteiger partial charge >= 0.3 is 0 Å². The number of nitrogens with one attached hydrogen (secondary N) is 2. The normalized spacial score (nSPS) is 20.0. The minimum absolute atomic E-state index is 0. The molecule has 1 fully saturated rings. The number of rotatable bonds is 6. The van der Waals surface area contributed by atoms with Crippen molar-refractivity contribution in [3.63, 3.8) is 0 Å². The maximum Gasteiger partial charge on any atom is 0.239 e. The van der Waals surface area contributed by atoms with E-state index in [-0.39, 0.29) is 48.7 Å². The molecule has 0 bridgehead atoms. The Hall–Kier alpha value is -0.920. The van der Waals surface area contributed by atoms with Crippen molar-refractivity contribution in [2.45, 2.75) is 25.6 Å². The van der Waals surface area contributed by atoms with Gasteiger partial charge in [-0.2, -0.15) is 0 Å². The first-order valence-corrected chi connectivity index (χ1v) is 7.62. The maximum absolute atomic E-state index is 12.8. The highest BCUT2D eigenvalue weighted by Crippen LogP contribution is 2.06. The van der Waals surface area contributed by atoms with Crippen LogP contribution in [0.5, 0.6) is 0 Å². The van der Waals surface area contributed by atoms with Gasteiger partial charge in [-0.1, -0.05) is 12.1 Å². The van der Waals surface area contributed by atoms with E-state index in [0.717, 1.165) is 18.7 Å². The van der Waals surface area contributed by atoms with Crippen molar-refractivity contribution >= 4 is 30.7 Å². The van der Waals surface area contributed by atoms with Crippen molar-refractivity contribution < 1.29 is 13.9 Å². The van der Waals surface area contributed by atoms with Crippen LogP contribution in [0.4, 0.5) is 4.39 Å². The van der Waals surface area contributed by atoms with E-state index in [1.807, 2.05) is 14.0 Å². The van der Waals surface area contributed by atoms with Gasteiger partial charge in [0.1, 0.15) is 11.9 Å². The predicted molar refractivity (Wildman–Crippen MR) is 97.4 cm³/mol. The molecule has 2 rings (SSSR count). The van der Waals surface area contributed by atoms with Gasteiger partial charge in [-0.05, 0) is 31.7 Å². The van der Waals surface area contributed by atoms with Crippen molar-refractivity contribution in [3.05, 3.63) is 35.6 Å². The van der Waals surface area contributed by atoms with Crippen LogP contribution >= 0.6 is 24.8 Å². The standard InChI is InChI=1S/C16H24FN3O2.2ClH/c1-12-15(18-8-10-22-12)16(21)19-7-9-20(2)11-13-3-5-14(17)6-4-13;;/h3-6,12,15,18H,7-11H2,1-2H3,(H,19,21);2*1H/t12-,15+;;/m1../s1. The molecule has 1 aromatic carbocycles. The molecule has 1 aliphatic rings. The van der Waals surface area contributed by atoms with Gasteiger partial charge in [-0.15, -0.1) is 24.8 Å². The number of morpholine rings is 1. The van der Waals surface area contributed by atoms with Gasteiger partial charge in [0, 0.05) is 26.2 Å². The molecule has 1 aromatic rings. The number of carbonyl (C=O) groups excluding carboxylic acids is 1. The Labute approximate surface area is 155 Å². The lowest BCUT2D eigenvalue weighted by Crippen LogP contribution is -2.56. The Kier molecular flexibility index (Phi) is 11.2. The van der Waals surface area contributed by atoms with Crippen LogP contribution in [0, 0.1) is 5.82 Å². The van der Waals surface area contributed by atoms with Gasteiger partial charge in [-0.3, -0.25) is 4.79 Å². The third kappa shape index (κ3) is 7.32. The number of hydrogen-bond donors (Lipinski definition) is 2. The van der Waals surface area contributed by atoms with Gasteiger partial charge in [-0.25, -0.2) is 4.39 Å². The second-order valence-electron chi connectivity index (χ2n) is 5.66. The van der Waals surface area contributed by atoms with E-state index in [1.165, 1.54) is 12.1 Å². The summed E-state index contributed by atoms with van der Waals surface area (Å²) in [4.78, 5) is 14.2. The molecule has 1 amide bonds. The molecule has 1 heterocycles. The number of nitrogens with zero attached hydrogens (tertiary/aromatic N) is 1. The SMILES string of the molecule is C[C@H]1OCCN[C@@H]1C(=O)NCCN(C)Cc1ccc(F)cc1.Cl.Cl. The first-order chi connectivity index (χ1) is 10.6. The molecule has 1 saturated heterocycles. The second kappa shape index (κ2) is 11.6. The smallest absolute Gasteiger partial charge is 0.239 e. The van der Waals surface area contributed by atoms with Crippen LogP contribution in [0.1, 0.15) is 12.5 Å². The minimum Gasteiger partial charge on any atom is -0.375 e. The van der Waals surface area contributed by atoms with E-state index in [2.05, 4.69) is 15.5 Å². The molecule has 2 atom stereocenters. The molecule has 2 N–H and O–H groups in total. The molecule has 0 saturated carbocycles. The fourth-order valence-corrected chi connectivity index (χ4v) is 2.49. The molecule has 0 aliphatic carbocycles. The first-order valence-electron chi connectivity index (χ1n) is 7.62. The summed E-state index contributed by atoms with van der Waals surface area (Å²) in [7, 11) is 1.97. The Morgan fingerprint density at radius 2 is 2.04 bits per heavy atom. The summed E-state index contributed by atoms with van der Waals surface area (Å²) in [5.41, 5.74) is 1.05. The summed E-state index contributed by atoms with van der Waals surface area (Å²) in [5, 5.41) is 6.09. The first kappa shape index (κ1) is 23.1. The van der Waals surface area contributed by atoms with Crippen molar-refractivity contribution in [1.29, 1.82) is 0 Å². The topological polar surface area (TPSA) is 53.6 Å². The lowest BCUT2D eigenvalue weighted by molar-refractivity contribution is -0.128. The second-order valence-corrected chi connectivity index (χ2v) is 5.66. The van der Waals surface area contributed by atoms with E-state index in [1.54, 1.807) is 12.1 Å². The average molecular weight is 382 g/mol. The van der Waals surface area contributed by atoms with Crippen molar-refractivity contribution in [1.82, 2.24) is 15.5 Å². The Bertz CT molecular complexity index is 491. The Morgan fingerprint density at radius 3 is 2.67 bits per heavy atom. The molecule has 0 spiro atoms. The number of ether oxygens (including phenoxy) is 1. The molecule has 0 unspecified atom stereocenters. The summed E-state index contributed by atoms with van der Waals surface area (Å²) < 4.78 is 18.3. The lowest BCUT2D eigenvalue weighted by atomic mass is 10.1. The lowest BCUT2D eigenvalue weighted by Gasteiger charge is -2.29. The third-order valence-corrected chi connectivity index (χ3v) is 3.76. The number of hydrogen-bond acceptors (Lipinski definition) is 4. The van der Waals surface area contributed by atoms with Gasteiger partial charge in [0.2, 0.25) is 5.91 Å². The van der Waals surface area contributed by atoms with Crippen molar-refractivity contribution in [3.8, 4) is 0 Å². The zero-order valence-corrected chi connectivity index (χ0v) is 15.6. The van der Waals surface area contributed by atoms with E-state index in [4.69, 9.17) is 4.74 Å². The fraction of sp³-hybridized carbons (Fsp3) is 0.562. The van der Waals surface area contributed by atoms with Gasteiger partial charge < -0.3 is 20.3 Å². The molecule has 8 heteroatoms. The van der Waals surface area contributed by atoms with Crippen LogP contribution in [-0.2, 0) is 16.1 Å². The summed E-state index contributed by atoms with van der Waals surface area (Å²) in [6, 6.07) is 6.18. The van der Waals surface area contributed by atoms with Gasteiger partial charge in [0.05, 0.1) is 12.7 Å². The van der Waals surface area contributed by atoms with Crippen LogP contribution in [0.3, 0.4) is 0 Å². The van der Waals surface area contributed by atoms with Crippen LogP contribution in [0.25, 0.3) is 0 Å². The summed E-state index contributed by atoms with van der Waals surface area (Å²) in [5.74, 6) is -0.252. The maximum atomic E-state index is 12.8. The molecular formula is C16H26Cl2FN3O2. The van der Waals surface area contributed by atoms with E-state index in [0.29, 0.717) is 19.7 Å². The largest absolute Gasteiger partial charge is 0.375 e. The van der Waals surface area contributed by atoms with Gasteiger partial charge in [0.25, 0.3) is 0 Å². The monoisotopic (exact) mass is 381 g/mol. The number of amides is 1. The summed E-state index contributed by atoms with van der Waals surface area (Å²) in [6.07, 6.45) is -0.106. The van der Waals surface area contributed by atoms with Crippen LogP contribution < -0.4 is 10.6 Å². The van der Waals surface area contributed by atoms with Crippen molar-refractivity contribution in [2.75, 3.05) is 33.3 Å². The third-order valence-electron chi connectivity index (χ3n) is 3.76. The highest BCUT2D eigenvalue weighted by Gasteiger charge is 2.27. The zero-order chi connectivity index (χ0) is 15.9. The zero-order valence-electron chi connectivity index (χ0n) is 14.0. The van der Waals surface area contributed by atoms with Crippen LogP contribution in [0.2, 0.25) is 0 Å². The van der Waals surface area contributed by atoms with Crippen LogP contribution in [0.15, 0.2) is 24.3 Å². The highest BCUT2D eigenvalue weighted by molar-refractivity contribution is 5.85. The number of benzene rings is 1. The van der Waals surface area contributed by atoms with Gasteiger partial charge in [0.15, 0.2) is 0 Å². The summed E-state index contributed by atoms with van der Waals surface area (Å²) in [6.45, 7) is 5.26. The average Bonchev–Trinajstić information content (AvgIpc) is 2.50. The Balaban J connectivity index is 0.00000264. The number of halogens is 3. The predicted octanol–water partition coefficient (Wildman–Crippen LogP) is 1.59. The minimum atomic E-state index is -0.281. The molecule has 1 aliphatic heterocycles. The Morgan fingerprint density at radius 1 is 1.38 bits per heavy atom. The molecule has 138 valence electrons. The molecular weight excluding hydrogens is 356 g/mol. The molecule has 0 radical (unpaired) electrons. The summed E-state index contributed by atoms with van der Waals surface area (Å²) >= 11 is 0. The van der Waals surface area contributed by atoms with E-state index < -0.39 is 0 Å². The van der Waals surface area contributed by atoms with Crippen molar-refractivity contribution in [2.24, 2.45) is 0 Å². The fourth-order valence-electron chi connectivity index (χ4n) is 2.49. The highest BCUT2D eigenvalue weighted by atomic mass is 35.5. The van der Waals surface area contributed by atoms with E-state index in [9.17, 15) is 9.18 Å². The van der Waals surface area contributed by atoms with E-state index >= 15 is 0 Å². The molecule has 5 nitrogen and oxygen atoms in total.